The number of carbonyl (C=O) groups excluding carboxylic acids is 2. The monoisotopic (exact) mass is 440 g/mol. The van der Waals surface area contributed by atoms with E-state index >= 15 is 0 Å². The molecule has 8 nitrogen and oxygen atoms in total. The van der Waals surface area contributed by atoms with E-state index in [1.165, 1.54) is 4.68 Å². The van der Waals surface area contributed by atoms with Crippen molar-refractivity contribution >= 4 is 22.6 Å². The minimum absolute atomic E-state index is 0.0420. The molecule has 0 radical (unpaired) electrons. The SMILES string of the molecule is CC1CN(C(=O)C2CCN(C(=O)c3nn(C(C)C)c(=O)c4ccccc34)CC2)CC(C)O1. The summed E-state index contributed by atoms with van der Waals surface area (Å²) in [6.45, 7) is 9.98. The molecule has 2 saturated heterocycles. The molecule has 172 valence electrons. The van der Waals surface area contributed by atoms with Crippen molar-refractivity contribution in [1.82, 2.24) is 19.6 Å². The van der Waals surface area contributed by atoms with Crippen LogP contribution in [-0.2, 0) is 9.53 Å². The zero-order valence-corrected chi connectivity index (χ0v) is 19.3. The van der Waals surface area contributed by atoms with Crippen molar-refractivity contribution in [3.63, 3.8) is 0 Å². The second-order valence-corrected chi connectivity index (χ2v) is 9.30. The number of hydrogen-bond acceptors (Lipinski definition) is 5. The van der Waals surface area contributed by atoms with Crippen LogP contribution in [0.3, 0.4) is 0 Å². The Labute approximate surface area is 188 Å². The van der Waals surface area contributed by atoms with Gasteiger partial charge in [0.25, 0.3) is 11.5 Å². The van der Waals surface area contributed by atoms with Crippen molar-refractivity contribution in [3.05, 3.63) is 40.3 Å². The fourth-order valence-corrected chi connectivity index (χ4v) is 4.81. The van der Waals surface area contributed by atoms with Gasteiger partial charge in [0.05, 0.1) is 23.6 Å². The number of amides is 2. The van der Waals surface area contributed by atoms with Crippen molar-refractivity contribution in [3.8, 4) is 0 Å². The molecule has 3 heterocycles. The molecule has 1 aromatic heterocycles. The lowest BCUT2D eigenvalue weighted by atomic mass is 9.94. The van der Waals surface area contributed by atoms with Gasteiger partial charge < -0.3 is 14.5 Å². The van der Waals surface area contributed by atoms with E-state index in [9.17, 15) is 14.4 Å². The molecule has 4 rings (SSSR count). The third-order valence-electron chi connectivity index (χ3n) is 6.38. The molecule has 2 atom stereocenters. The van der Waals surface area contributed by atoms with Crippen LogP contribution in [0.25, 0.3) is 10.8 Å². The molecule has 1 aromatic carbocycles. The standard InChI is InChI=1S/C24H32N4O4/c1-15(2)28-23(30)20-8-6-5-7-19(20)21(25-28)24(31)26-11-9-18(10-12-26)22(29)27-13-16(3)32-17(4)14-27/h5-8,15-18H,9-14H2,1-4H3. The lowest BCUT2D eigenvalue weighted by molar-refractivity contribution is -0.148. The smallest absolute Gasteiger partial charge is 0.274 e. The maximum atomic E-state index is 13.4. The van der Waals surface area contributed by atoms with Gasteiger partial charge in [-0.2, -0.15) is 5.10 Å². The van der Waals surface area contributed by atoms with Crippen LogP contribution in [-0.4, -0.2) is 69.8 Å². The van der Waals surface area contributed by atoms with Gasteiger partial charge in [0.15, 0.2) is 5.69 Å². The van der Waals surface area contributed by atoms with Gasteiger partial charge in [0, 0.05) is 37.5 Å². The minimum atomic E-state index is -0.189. The maximum absolute atomic E-state index is 13.4. The normalized spacial score (nSPS) is 22.5. The molecule has 0 bridgehead atoms. The summed E-state index contributed by atoms with van der Waals surface area (Å²) in [6.07, 6.45) is 1.35. The van der Waals surface area contributed by atoms with E-state index < -0.39 is 0 Å². The van der Waals surface area contributed by atoms with E-state index in [-0.39, 0.29) is 41.5 Å². The van der Waals surface area contributed by atoms with Crippen LogP contribution in [0.1, 0.15) is 57.1 Å². The van der Waals surface area contributed by atoms with E-state index in [0.717, 1.165) is 0 Å². The Kier molecular flexibility index (Phi) is 6.33. The summed E-state index contributed by atoms with van der Waals surface area (Å²) in [5.74, 6) is -0.1000. The van der Waals surface area contributed by atoms with Gasteiger partial charge in [-0.3, -0.25) is 14.4 Å². The van der Waals surface area contributed by atoms with Gasteiger partial charge in [-0.25, -0.2) is 4.68 Å². The van der Waals surface area contributed by atoms with E-state index in [4.69, 9.17) is 4.74 Å². The average Bonchev–Trinajstić information content (AvgIpc) is 2.78. The second-order valence-electron chi connectivity index (χ2n) is 9.30. The van der Waals surface area contributed by atoms with Crippen LogP contribution in [0.4, 0.5) is 0 Å². The summed E-state index contributed by atoms with van der Waals surface area (Å²) in [7, 11) is 0. The number of piperidine rings is 1. The highest BCUT2D eigenvalue weighted by Crippen LogP contribution is 2.24. The topological polar surface area (TPSA) is 84.7 Å². The van der Waals surface area contributed by atoms with Crippen LogP contribution < -0.4 is 5.56 Å². The fourth-order valence-electron chi connectivity index (χ4n) is 4.81. The molecular weight excluding hydrogens is 408 g/mol. The molecule has 2 aromatic rings. The van der Waals surface area contributed by atoms with Crippen LogP contribution >= 0.6 is 0 Å². The lowest BCUT2D eigenvalue weighted by Crippen LogP contribution is -2.51. The van der Waals surface area contributed by atoms with Gasteiger partial charge in [-0.05, 0) is 46.6 Å². The number of hydrogen-bond donors (Lipinski definition) is 0. The van der Waals surface area contributed by atoms with Crippen molar-refractivity contribution in [2.24, 2.45) is 5.92 Å². The molecule has 2 amide bonds. The molecule has 2 unspecified atom stereocenters. The van der Waals surface area contributed by atoms with Crippen LogP contribution in [0.5, 0.6) is 0 Å². The number of aromatic nitrogens is 2. The zero-order valence-electron chi connectivity index (χ0n) is 19.3. The second kappa shape index (κ2) is 9.02. The first kappa shape index (κ1) is 22.5. The average molecular weight is 441 g/mol. The highest BCUT2D eigenvalue weighted by molar-refractivity contribution is 6.04. The predicted octanol–water partition coefficient (Wildman–Crippen LogP) is 2.47. The number of fused-ring (bicyclic) bond motifs is 1. The summed E-state index contributed by atoms with van der Waals surface area (Å²) < 4.78 is 7.12. The fraction of sp³-hybridized carbons (Fsp3) is 0.583. The molecular formula is C24H32N4O4. The van der Waals surface area contributed by atoms with Gasteiger partial charge in [0.1, 0.15) is 0 Å². The van der Waals surface area contributed by atoms with Crippen molar-refractivity contribution in [2.75, 3.05) is 26.2 Å². The van der Waals surface area contributed by atoms with E-state index in [1.807, 2.05) is 38.7 Å². The Bertz CT molecular complexity index is 1060. The number of nitrogens with zero attached hydrogens (tertiary/aromatic N) is 4. The first-order chi connectivity index (χ1) is 15.3. The Hall–Kier alpha value is -2.74. The lowest BCUT2D eigenvalue weighted by Gasteiger charge is -2.39. The predicted molar refractivity (Wildman–Crippen MR) is 122 cm³/mol. The Morgan fingerprint density at radius 3 is 2.19 bits per heavy atom. The molecule has 2 fully saturated rings. The Morgan fingerprint density at radius 2 is 1.59 bits per heavy atom. The van der Waals surface area contributed by atoms with Crippen LogP contribution in [0.2, 0.25) is 0 Å². The Balaban J connectivity index is 1.51. The third-order valence-corrected chi connectivity index (χ3v) is 6.38. The van der Waals surface area contributed by atoms with Crippen molar-refractivity contribution in [1.29, 1.82) is 0 Å². The van der Waals surface area contributed by atoms with Gasteiger partial charge in [0.2, 0.25) is 5.91 Å². The zero-order chi connectivity index (χ0) is 23.0. The maximum Gasteiger partial charge on any atom is 0.274 e. The molecule has 2 aliphatic heterocycles. The minimum Gasteiger partial charge on any atom is -0.372 e. The number of likely N-dealkylation sites (tertiary alicyclic amines) is 1. The summed E-state index contributed by atoms with van der Waals surface area (Å²) in [6, 6.07) is 6.98. The van der Waals surface area contributed by atoms with Crippen LogP contribution in [0.15, 0.2) is 29.1 Å². The largest absolute Gasteiger partial charge is 0.372 e. The molecule has 8 heteroatoms. The number of morpholine rings is 1. The summed E-state index contributed by atoms with van der Waals surface area (Å²) in [5.41, 5.74) is 0.111. The third kappa shape index (κ3) is 4.28. The number of ether oxygens (including phenoxy) is 1. The molecule has 0 N–H and O–H groups in total. The quantitative estimate of drug-likeness (QED) is 0.732. The van der Waals surface area contributed by atoms with Crippen molar-refractivity contribution < 1.29 is 14.3 Å². The Morgan fingerprint density at radius 1 is 1.00 bits per heavy atom. The van der Waals surface area contributed by atoms with Gasteiger partial charge in [-0.1, -0.05) is 18.2 Å². The number of carbonyl (C=O) groups is 2. The van der Waals surface area contributed by atoms with Crippen LogP contribution in [0, 0.1) is 5.92 Å². The van der Waals surface area contributed by atoms with E-state index in [0.29, 0.717) is 55.5 Å². The summed E-state index contributed by atoms with van der Waals surface area (Å²) in [4.78, 5) is 42.9. The molecule has 0 spiro atoms. The highest BCUT2D eigenvalue weighted by Gasteiger charge is 2.34. The number of rotatable bonds is 3. The van der Waals surface area contributed by atoms with E-state index in [2.05, 4.69) is 5.10 Å². The first-order valence-corrected chi connectivity index (χ1v) is 11.5. The van der Waals surface area contributed by atoms with Gasteiger partial charge in [-0.15, -0.1) is 0 Å². The molecule has 0 saturated carbocycles. The highest BCUT2D eigenvalue weighted by atomic mass is 16.5. The van der Waals surface area contributed by atoms with Gasteiger partial charge >= 0.3 is 0 Å². The number of benzene rings is 1. The van der Waals surface area contributed by atoms with E-state index in [1.54, 1.807) is 23.1 Å². The summed E-state index contributed by atoms with van der Waals surface area (Å²) >= 11 is 0. The molecule has 32 heavy (non-hydrogen) atoms. The first-order valence-electron chi connectivity index (χ1n) is 11.5. The molecule has 2 aliphatic rings. The molecule has 0 aliphatic carbocycles. The van der Waals surface area contributed by atoms with Crippen molar-refractivity contribution in [2.45, 2.75) is 58.8 Å². The summed E-state index contributed by atoms with van der Waals surface area (Å²) in [5, 5.41) is 5.52.